The molecule has 0 spiro atoms. The largest absolute Gasteiger partial charge is 0.356 e. The molecule has 0 radical (unpaired) electrons. The van der Waals surface area contributed by atoms with Gasteiger partial charge in [-0.1, -0.05) is 60.7 Å². The van der Waals surface area contributed by atoms with E-state index < -0.39 is 0 Å². The molecule has 0 saturated heterocycles. The second kappa shape index (κ2) is 8.45. The molecule has 3 heteroatoms. The van der Waals surface area contributed by atoms with Gasteiger partial charge in [0.05, 0.1) is 0 Å². The Bertz CT molecular complexity index is 1480. The lowest BCUT2D eigenvalue weighted by molar-refractivity contribution is 1.29. The van der Waals surface area contributed by atoms with Crippen LogP contribution < -0.4 is 10.2 Å². The number of fused-ring (bicyclic) bond motifs is 3. The lowest BCUT2D eigenvalue weighted by atomic mass is 10.1. The molecule has 1 N–H and O–H groups in total. The van der Waals surface area contributed by atoms with Gasteiger partial charge in [-0.05, 0) is 66.7 Å². The maximum absolute atomic E-state index is 3.52. The third-order valence-electron chi connectivity index (χ3n) is 5.80. The number of hydrogen-bond acceptors (Lipinski definition) is 3. The lowest BCUT2D eigenvalue weighted by Crippen LogP contribution is -2.09. The van der Waals surface area contributed by atoms with Crippen LogP contribution in [0.2, 0.25) is 0 Å². The van der Waals surface area contributed by atoms with Gasteiger partial charge >= 0.3 is 0 Å². The topological polar surface area (TPSA) is 15.3 Å². The van der Waals surface area contributed by atoms with Crippen LogP contribution in [-0.4, -0.2) is 0 Å². The average molecular weight is 443 g/mol. The van der Waals surface area contributed by atoms with Crippen LogP contribution in [0.3, 0.4) is 0 Å². The quantitative estimate of drug-likeness (QED) is 0.286. The van der Waals surface area contributed by atoms with Crippen molar-refractivity contribution in [3.05, 3.63) is 127 Å². The highest BCUT2D eigenvalue weighted by molar-refractivity contribution is 7.25. The number of para-hydroxylation sites is 3. The number of rotatable bonds is 5. The van der Waals surface area contributed by atoms with Crippen molar-refractivity contribution in [1.29, 1.82) is 0 Å². The minimum Gasteiger partial charge on any atom is -0.356 e. The highest BCUT2D eigenvalue weighted by Gasteiger charge is 2.14. The Morgan fingerprint density at radius 2 is 1.09 bits per heavy atom. The summed E-state index contributed by atoms with van der Waals surface area (Å²) in [5.41, 5.74) is 5.67. The third-order valence-corrected chi connectivity index (χ3v) is 6.94. The zero-order valence-electron chi connectivity index (χ0n) is 18.0. The van der Waals surface area contributed by atoms with Crippen molar-refractivity contribution < 1.29 is 0 Å². The maximum atomic E-state index is 3.52. The summed E-state index contributed by atoms with van der Waals surface area (Å²) in [6, 6.07) is 44.8. The van der Waals surface area contributed by atoms with Crippen molar-refractivity contribution >= 4 is 59.9 Å². The fourth-order valence-corrected chi connectivity index (χ4v) is 5.39. The summed E-state index contributed by atoms with van der Waals surface area (Å²) in [5, 5.41) is 6.09. The molecule has 0 unspecified atom stereocenters. The van der Waals surface area contributed by atoms with E-state index in [-0.39, 0.29) is 0 Å². The summed E-state index contributed by atoms with van der Waals surface area (Å²) >= 11 is 1.84. The SMILES string of the molecule is c1ccc(Nc2ccc3sc4cc(N(c5ccccc5)c5ccccc5)ccc4c3c2)cc1. The van der Waals surface area contributed by atoms with E-state index in [0.717, 1.165) is 28.4 Å². The second-order valence-electron chi connectivity index (χ2n) is 7.99. The van der Waals surface area contributed by atoms with E-state index in [4.69, 9.17) is 0 Å². The first-order valence-corrected chi connectivity index (χ1v) is 11.9. The van der Waals surface area contributed by atoms with Crippen LogP contribution in [0.15, 0.2) is 127 Å². The van der Waals surface area contributed by atoms with Crippen molar-refractivity contribution in [3.8, 4) is 0 Å². The van der Waals surface area contributed by atoms with Gasteiger partial charge in [0.15, 0.2) is 0 Å². The molecule has 158 valence electrons. The fourth-order valence-electron chi connectivity index (χ4n) is 4.27. The Labute approximate surface area is 197 Å². The summed E-state index contributed by atoms with van der Waals surface area (Å²) in [4.78, 5) is 2.31. The highest BCUT2D eigenvalue weighted by atomic mass is 32.1. The normalized spacial score (nSPS) is 11.0. The van der Waals surface area contributed by atoms with E-state index in [1.165, 1.54) is 20.2 Å². The van der Waals surface area contributed by atoms with Crippen molar-refractivity contribution in [3.63, 3.8) is 0 Å². The van der Waals surface area contributed by atoms with Crippen LogP contribution in [0.5, 0.6) is 0 Å². The molecule has 0 fully saturated rings. The fraction of sp³-hybridized carbons (Fsp3) is 0. The molecule has 5 aromatic carbocycles. The van der Waals surface area contributed by atoms with Crippen molar-refractivity contribution in [2.75, 3.05) is 10.2 Å². The molecule has 33 heavy (non-hydrogen) atoms. The van der Waals surface area contributed by atoms with E-state index in [0.29, 0.717) is 0 Å². The van der Waals surface area contributed by atoms with Gasteiger partial charge in [0, 0.05) is 48.6 Å². The van der Waals surface area contributed by atoms with Gasteiger partial charge < -0.3 is 10.2 Å². The van der Waals surface area contributed by atoms with E-state index >= 15 is 0 Å². The van der Waals surface area contributed by atoms with Crippen molar-refractivity contribution in [2.24, 2.45) is 0 Å². The zero-order valence-corrected chi connectivity index (χ0v) is 18.8. The predicted molar refractivity (Wildman–Crippen MR) is 144 cm³/mol. The molecule has 0 bridgehead atoms. The van der Waals surface area contributed by atoms with Gasteiger partial charge in [0.25, 0.3) is 0 Å². The minimum absolute atomic E-state index is 1.10. The monoisotopic (exact) mass is 442 g/mol. The van der Waals surface area contributed by atoms with Gasteiger partial charge in [0.1, 0.15) is 0 Å². The first-order chi connectivity index (χ1) is 16.3. The van der Waals surface area contributed by atoms with Crippen LogP contribution in [0.4, 0.5) is 28.4 Å². The standard InChI is InChI=1S/C30H22N2S/c1-4-10-22(11-5-1)31-23-16-19-29-28(20-23)27-18-17-26(21-30(27)33-29)32(24-12-6-2-7-13-24)25-14-8-3-9-15-25/h1-21,31H. The lowest BCUT2D eigenvalue weighted by Gasteiger charge is -2.25. The Kier molecular flexibility index (Phi) is 5.02. The number of anilines is 5. The zero-order chi connectivity index (χ0) is 22.0. The molecule has 1 heterocycles. The Morgan fingerprint density at radius 3 is 1.76 bits per heavy atom. The molecule has 6 rings (SSSR count). The Morgan fingerprint density at radius 1 is 0.455 bits per heavy atom. The van der Waals surface area contributed by atoms with Gasteiger partial charge in [0.2, 0.25) is 0 Å². The number of thiophene rings is 1. The number of benzene rings is 5. The molecule has 0 saturated carbocycles. The first-order valence-electron chi connectivity index (χ1n) is 11.0. The van der Waals surface area contributed by atoms with Crippen LogP contribution in [0.1, 0.15) is 0 Å². The molecule has 1 aromatic heterocycles. The average Bonchev–Trinajstić information content (AvgIpc) is 3.23. The summed E-state index contributed by atoms with van der Waals surface area (Å²) in [6.45, 7) is 0. The molecule has 0 amide bonds. The molecule has 0 aliphatic heterocycles. The van der Waals surface area contributed by atoms with Crippen molar-refractivity contribution in [1.82, 2.24) is 0 Å². The smallest absolute Gasteiger partial charge is 0.0476 e. The molecule has 0 aliphatic carbocycles. The number of nitrogens with zero attached hydrogens (tertiary/aromatic N) is 1. The molecule has 0 aliphatic rings. The molecule has 2 nitrogen and oxygen atoms in total. The Hall–Kier alpha value is -4.08. The first kappa shape index (κ1) is 19.6. The highest BCUT2D eigenvalue weighted by Crippen LogP contribution is 2.41. The number of nitrogens with one attached hydrogen (secondary N) is 1. The van der Waals surface area contributed by atoms with E-state index in [1.54, 1.807) is 0 Å². The summed E-state index contributed by atoms with van der Waals surface area (Å²) < 4.78 is 2.59. The predicted octanol–water partition coefficient (Wildman–Crippen LogP) is 9.27. The maximum Gasteiger partial charge on any atom is 0.0476 e. The summed E-state index contributed by atoms with van der Waals surface area (Å²) in [7, 11) is 0. The van der Waals surface area contributed by atoms with Crippen LogP contribution >= 0.6 is 11.3 Å². The van der Waals surface area contributed by atoms with Crippen molar-refractivity contribution in [2.45, 2.75) is 0 Å². The second-order valence-corrected chi connectivity index (χ2v) is 9.07. The molecule has 6 aromatic rings. The van der Waals surface area contributed by atoms with Crippen LogP contribution in [-0.2, 0) is 0 Å². The van der Waals surface area contributed by atoms with E-state index in [2.05, 4.69) is 119 Å². The molecular weight excluding hydrogens is 420 g/mol. The molecular formula is C30H22N2S. The number of hydrogen-bond donors (Lipinski definition) is 1. The van der Waals surface area contributed by atoms with E-state index in [9.17, 15) is 0 Å². The van der Waals surface area contributed by atoms with Gasteiger partial charge in [-0.15, -0.1) is 11.3 Å². The van der Waals surface area contributed by atoms with Crippen LogP contribution in [0.25, 0.3) is 20.2 Å². The summed E-state index contributed by atoms with van der Waals surface area (Å²) in [6.07, 6.45) is 0. The van der Waals surface area contributed by atoms with Gasteiger partial charge in [-0.3, -0.25) is 0 Å². The Balaban J connectivity index is 1.44. The minimum atomic E-state index is 1.10. The van der Waals surface area contributed by atoms with E-state index in [1.807, 2.05) is 29.5 Å². The van der Waals surface area contributed by atoms with Crippen LogP contribution in [0, 0.1) is 0 Å². The molecule has 0 atom stereocenters. The summed E-state index contributed by atoms with van der Waals surface area (Å²) in [5.74, 6) is 0. The van der Waals surface area contributed by atoms with Gasteiger partial charge in [-0.25, -0.2) is 0 Å². The van der Waals surface area contributed by atoms with Gasteiger partial charge in [-0.2, -0.15) is 0 Å². The third kappa shape index (κ3) is 3.84.